The van der Waals surface area contributed by atoms with E-state index in [4.69, 9.17) is 14.2 Å². The molecule has 1 aliphatic carbocycles. The van der Waals surface area contributed by atoms with E-state index in [-0.39, 0.29) is 17.9 Å². The molecule has 3 aliphatic heterocycles. The maximum absolute atomic E-state index is 11.7. The highest BCUT2D eigenvalue weighted by Crippen LogP contribution is 2.54. The van der Waals surface area contributed by atoms with Crippen LogP contribution in [0.25, 0.3) is 0 Å². The van der Waals surface area contributed by atoms with Crippen molar-refractivity contribution in [2.75, 3.05) is 6.61 Å². The quantitative estimate of drug-likeness (QED) is 0.858. The minimum Gasteiger partial charge on any atom is -0.487 e. The zero-order valence-corrected chi connectivity index (χ0v) is 13.0. The third kappa shape index (κ3) is 2.26. The fourth-order valence-electron chi connectivity index (χ4n) is 4.05. The summed E-state index contributed by atoms with van der Waals surface area (Å²) in [6.45, 7) is 2.81. The minimum atomic E-state index is -0.860. The van der Waals surface area contributed by atoms with E-state index in [2.05, 4.69) is 0 Å². The Morgan fingerprint density at radius 2 is 2.13 bits per heavy atom. The van der Waals surface area contributed by atoms with Crippen molar-refractivity contribution in [3.8, 4) is 0 Å². The van der Waals surface area contributed by atoms with Crippen LogP contribution < -0.4 is 0 Å². The van der Waals surface area contributed by atoms with E-state index < -0.39 is 17.7 Å². The second kappa shape index (κ2) is 5.35. The molecule has 5 rings (SSSR count). The van der Waals surface area contributed by atoms with Crippen LogP contribution >= 0.6 is 0 Å². The van der Waals surface area contributed by atoms with Crippen LogP contribution in [0.15, 0.2) is 42.2 Å². The van der Waals surface area contributed by atoms with Gasteiger partial charge in [-0.25, -0.2) is 4.79 Å². The van der Waals surface area contributed by atoms with Crippen LogP contribution in [0.4, 0.5) is 0 Å². The van der Waals surface area contributed by atoms with Gasteiger partial charge in [0.05, 0.1) is 25.2 Å². The molecule has 1 aromatic rings. The molecule has 0 unspecified atom stereocenters. The molecule has 1 spiro atoms. The molecule has 0 aromatic heterocycles. The summed E-state index contributed by atoms with van der Waals surface area (Å²) in [5, 5.41) is 10.6. The first-order valence-corrected chi connectivity index (χ1v) is 8.02. The van der Waals surface area contributed by atoms with Crippen molar-refractivity contribution in [3.63, 3.8) is 0 Å². The molecule has 122 valence electrons. The lowest BCUT2D eigenvalue weighted by Gasteiger charge is -2.54. The molecule has 0 radical (unpaired) electrons. The zero-order chi connectivity index (χ0) is 16.0. The van der Waals surface area contributed by atoms with Gasteiger partial charge in [-0.1, -0.05) is 37.3 Å². The monoisotopic (exact) mass is 316 g/mol. The molecule has 5 nitrogen and oxygen atoms in total. The average Bonchev–Trinajstić information content (AvgIpc) is 2.86. The van der Waals surface area contributed by atoms with Crippen molar-refractivity contribution in [1.82, 2.24) is 0 Å². The van der Waals surface area contributed by atoms with Gasteiger partial charge in [-0.2, -0.15) is 0 Å². The molecule has 2 bridgehead atoms. The summed E-state index contributed by atoms with van der Waals surface area (Å²) in [6, 6.07) is 9.87. The van der Waals surface area contributed by atoms with Crippen LogP contribution in [0, 0.1) is 11.8 Å². The molecule has 23 heavy (non-hydrogen) atoms. The highest BCUT2D eigenvalue weighted by atomic mass is 16.6. The summed E-state index contributed by atoms with van der Waals surface area (Å²) in [4.78, 5) is 11.7. The number of aliphatic hydroxyl groups is 1. The lowest BCUT2D eigenvalue weighted by atomic mass is 9.65. The van der Waals surface area contributed by atoms with E-state index in [1.807, 2.05) is 37.3 Å². The molecule has 5 atom stereocenters. The van der Waals surface area contributed by atoms with Gasteiger partial charge in [-0.3, -0.25) is 0 Å². The number of fused-ring (bicyclic) bond motifs is 2. The molecular weight excluding hydrogens is 296 g/mol. The maximum atomic E-state index is 11.7. The van der Waals surface area contributed by atoms with Gasteiger partial charge < -0.3 is 19.3 Å². The van der Waals surface area contributed by atoms with Crippen molar-refractivity contribution in [2.45, 2.75) is 37.8 Å². The van der Waals surface area contributed by atoms with Gasteiger partial charge in [-0.05, 0) is 11.5 Å². The number of benzene rings is 1. The minimum absolute atomic E-state index is 0.137. The van der Waals surface area contributed by atoms with E-state index in [0.717, 1.165) is 5.56 Å². The van der Waals surface area contributed by atoms with Gasteiger partial charge in [0.1, 0.15) is 18.0 Å². The van der Waals surface area contributed by atoms with Gasteiger partial charge in [0.15, 0.2) is 5.60 Å². The molecule has 1 aromatic carbocycles. The number of hydrogen-bond acceptors (Lipinski definition) is 5. The van der Waals surface area contributed by atoms with Crippen molar-refractivity contribution in [1.29, 1.82) is 0 Å². The smallest absolute Gasteiger partial charge is 0.335 e. The van der Waals surface area contributed by atoms with E-state index in [9.17, 15) is 9.90 Å². The second-order valence-electron chi connectivity index (χ2n) is 6.68. The molecule has 1 saturated carbocycles. The molecule has 2 saturated heterocycles. The maximum Gasteiger partial charge on any atom is 0.335 e. The van der Waals surface area contributed by atoms with Crippen LogP contribution in [-0.2, 0) is 25.6 Å². The third-order valence-electron chi connectivity index (χ3n) is 5.15. The molecule has 4 aliphatic rings. The van der Waals surface area contributed by atoms with E-state index in [0.29, 0.717) is 25.4 Å². The Labute approximate surface area is 134 Å². The lowest BCUT2D eigenvalue weighted by Crippen LogP contribution is -2.64. The van der Waals surface area contributed by atoms with Gasteiger partial charge in [0.25, 0.3) is 0 Å². The van der Waals surface area contributed by atoms with Gasteiger partial charge in [0.2, 0.25) is 0 Å². The summed E-state index contributed by atoms with van der Waals surface area (Å²) in [6.07, 6.45) is 1.08. The number of carbonyl (C=O) groups is 1. The standard InChI is InChI=1S/C18H20O5/c1-11-8-18-13(10-21-9-12-5-3-2-4-6-12)16(20)17(11)22-14(18)7-15(19)23-18/h2-7,11,13,16-17,20H,8-10H2,1H3/t11-,13-,16-,17-,18-/m1/s1. The average molecular weight is 316 g/mol. The molecule has 3 fully saturated rings. The van der Waals surface area contributed by atoms with E-state index in [1.165, 1.54) is 6.08 Å². The molecule has 3 heterocycles. The third-order valence-corrected chi connectivity index (χ3v) is 5.15. The zero-order valence-electron chi connectivity index (χ0n) is 13.0. The highest BCUT2D eigenvalue weighted by molar-refractivity contribution is 5.86. The van der Waals surface area contributed by atoms with Crippen LogP contribution in [0.1, 0.15) is 18.9 Å². The molecular formula is C18H20O5. The van der Waals surface area contributed by atoms with Crippen LogP contribution in [0.3, 0.4) is 0 Å². The Bertz CT molecular complexity index is 640. The number of esters is 1. The van der Waals surface area contributed by atoms with Gasteiger partial charge in [0, 0.05) is 6.42 Å². The van der Waals surface area contributed by atoms with E-state index >= 15 is 0 Å². The van der Waals surface area contributed by atoms with Gasteiger partial charge >= 0.3 is 5.97 Å². The van der Waals surface area contributed by atoms with Crippen molar-refractivity contribution in [2.24, 2.45) is 11.8 Å². The Morgan fingerprint density at radius 3 is 2.91 bits per heavy atom. The van der Waals surface area contributed by atoms with Crippen LogP contribution in [0.2, 0.25) is 0 Å². The first-order chi connectivity index (χ1) is 11.1. The van der Waals surface area contributed by atoms with E-state index in [1.54, 1.807) is 0 Å². The normalized spacial score (nSPS) is 37.8. The largest absolute Gasteiger partial charge is 0.487 e. The number of hydrogen-bond donors (Lipinski definition) is 1. The predicted octanol–water partition coefficient (Wildman–Crippen LogP) is 1.80. The second-order valence-corrected chi connectivity index (χ2v) is 6.68. The first-order valence-electron chi connectivity index (χ1n) is 8.02. The summed E-state index contributed by atoms with van der Waals surface area (Å²) < 4.78 is 17.2. The highest BCUT2D eigenvalue weighted by Gasteiger charge is 2.64. The van der Waals surface area contributed by atoms with Crippen molar-refractivity contribution in [3.05, 3.63) is 47.7 Å². The number of aliphatic hydroxyl groups excluding tert-OH is 1. The topological polar surface area (TPSA) is 65.0 Å². The Hall–Kier alpha value is -1.85. The van der Waals surface area contributed by atoms with Crippen LogP contribution in [0.5, 0.6) is 0 Å². The summed E-state index contributed by atoms with van der Waals surface area (Å²) in [5.74, 6) is 0.0107. The Morgan fingerprint density at radius 1 is 1.35 bits per heavy atom. The Balaban J connectivity index is 1.51. The van der Waals surface area contributed by atoms with Crippen LogP contribution in [-0.4, -0.2) is 35.5 Å². The lowest BCUT2D eigenvalue weighted by molar-refractivity contribution is -0.240. The number of ether oxygens (including phenoxy) is 3. The first kappa shape index (κ1) is 14.7. The fourth-order valence-corrected chi connectivity index (χ4v) is 4.05. The van der Waals surface area contributed by atoms with Crippen molar-refractivity contribution >= 4 is 5.97 Å². The molecule has 5 heteroatoms. The summed E-state index contributed by atoms with van der Waals surface area (Å²) in [5.41, 5.74) is 0.214. The number of rotatable bonds is 4. The molecule has 1 N–H and O–H groups in total. The summed E-state index contributed by atoms with van der Waals surface area (Å²) in [7, 11) is 0. The van der Waals surface area contributed by atoms with Crippen molar-refractivity contribution < 1.29 is 24.1 Å². The number of carbonyl (C=O) groups excluding carboxylic acids is 1. The molecule has 0 amide bonds. The fraction of sp³-hybridized carbons (Fsp3) is 0.500. The Kier molecular flexibility index (Phi) is 3.43. The SMILES string of the molecule is C[C@@H]1C[C@]23OC(=O)C=C2O[C@H]1[C@H](O)[C@H]3COCc1ccccc1. The predicted molar refractivity (Wildman–Crippen MR) is 81.2 cm³/mol. The summed E-state index contributed by atoms with van der Waals surface area (Å²) >= 11 is 0. The van der Waals surface area contributed by atoms with Gasteiger partial charge in [-0.15, -0.1) is 0 Å².